The molecule has 0 aliphatic heterocycles. The van der Waals surface area contributed by atoms with Crippen LogP contribution in [0.2, 0.25) is 0 Å². The van der Waals surface area contributed by atoms with E-state index < -0.39 is 5.97 Å². The quantitative estimate of drug-likeness (QED) is 0.879. The summed E-state index contributed by atoms with van der Waals surface area (Å²) in [5.74, 6) is -0.977. The zero-order chi connectivity index (χ0) is 10.7. The van der Waals surface area contributed by atoms with Gasteiger partial charge in [0, 0.05) is 6.20 Å². The van der Waals surface area contributed by atoms with Crippen molar-refractivity contribution in [1.29, 1.82) is 0 Å². The monoisotopic (exact) mass is 239 g/mol. The van der Waals surface area contributed by atoms with Crippen molar-refractivity contribution in [2.24, 2.45) is 0 Å². The van der Waals surface area contributed by atoms with Crippen LogP contribution < -0.4 is 0 Å². The topological polar surface area (TPSA) is 76.0 Å². The van der Waals surface area contributed by atoms with E-state index in [0.29, 0.717) is 5.03 Å². The molecule has 0 unspecified atom stereocenters. The third-order valence-corrected chi connectivity index (χ3v) is 3.18. The highest BCUT2D eigenvalue weighted by Crippen LogP contribution is 2.25. The van der Waals surface area contributed by atoms with Gasteiger partial charge >= 0.3 is 5.97 Å². The van der Waals surface area contributed by atoms with Gasteiger partial charge < -0.3 is 5.11 Å². The Morgan fingerprint density at radius 1 is 1.40 bits per heavy atom. The molecule has 0 saturated carbocycles. The average molecular weight is 239 g/mol. The van der Waals surface area contributed by atoms with E-state index >= 15 is 0 Å². The molecule has 0 spiro atoms. The second-order valence-electron chi connectivity index (χ2n) is 2.50. The third kappa shape index (κ3) is 2.51. The summed E-state index contributed by atoms with van der Waals surface area (Å²) in [7, 11) is 0. The molecule has 1 N–H and O–H groups in total. The fourth-order valence-electron chi connectivity index (χ4n) is 0.865. The fraction of sp³-hybridized carbons (Fsp3) is 0. The van der Waals surface area contributed by atoms with Gasteiger partial charge in [0.2, 0.25) is 0 Å². The standard InChI is InChI=1S/C8H5N3O2S2/c12-7(13)5-1-2-6(9-3-5)14-8-10-4-11-15-8/h1-4H,(H,12,13). The fourth-order valence-corrected chi connectivity index (χ4v) is 2.20. The van der Waals surface area contributed by atoms with Gasteiger partial charge in [0.05, 0.1) is 5.56 Å². The minimum absolute atomic E-state index is 0.177. The molecule has 0 atom stereocenters. The number of aromatic carboxylic acids is 1. The predicted octanol–water partition coefficient (Wildman–Crippen LogP) is 1.78. The summed E-state index contributed by atoms with van der Waals surface area (Å²) >= 11 is 2.63. The lowest BCUT2D eigenvalue weighted by Crippen LogP contribution is -1.96. The molecule has 15 heavy (non-hydrogen) atoms. The van der Waals surface area contributed by atoms with E-state index in [1.165, 1.54) is 41.9 Å². The van der Waals surface area contributed by atoms with Crippen LogP contribution in [0.3, 0.4) is 0 Å². The maximum atomic E-state index is 10.6. The van der Waals surface area contributed by atoms with Crippen LogP contribution in [-0.4, -0.2) is 25.4 Å². The molecular weight excluding hydrogens is 234 g/mol. The third-order valence-electron chi connectivity index (χ3n) is 1.52. The Bertz CT molecular complexity index is 455. The first-order valence-electron chi connectivity index (χ1n) is 3.89. The highest BCUT2D eigenvalue weighted by Gasteiger charge is 2.05. The molecule has 2 aromatic heterocycles. The summed E-state index contributed by atoms with van der Waals surface area (Å²) in [4.78, 5) is 18.5. The lowest BCUT2D eigenvalue weighted by molar-refractivity contribution is 0.0696. The maximum absolute atomic E-state index is 10.6. The van der Waals surface area contributed by atoms with E-state index in [1.807, 2.05) is 0 Å². The van der Waals surface area contributed by atoms with Gasteiger partial charge in [-0.25, -0.2) is 14.8 Å². The second kappa shape index (κ2) is 4.37. The van der Waals surface area contributed by atoms with Crippen molar-refractivity contribution in [2.45, 2.75) is 9.37 Å². The molecule has 7 heteroatoms. The normalized spacial score (nSPS) is 10.1. The molecule has 0 aliphatic rings. The Morgan fingerprint density at radius 2 is 2.27 bits per heavy atom. The van der Waals surface area contributed by atoms with Crippen molar-refractivity contribution >= 4 is 29.3 Å². The van der Waals surface area contributed by atoms with Crippen LogP contribution in [0.5, 0.6) is 0 Å². The Morgan fingerprint density at radius 3 is 2.80 bits per heavy atom. The summed E-state index contributed by atoms with van der Waals surface area (Å²) in [6.07, 6.45) is 2.80. The van der Waals surface area contributed by atoms with Crippen LogP contribution >= 0.6 is 23.3 Å². The maximum Gasteiger partial charge on any atom is 0.337 e. The van der Waals surface area contributed by atoms with Crippen molar-refractivity contribution in [2.75, 3.05) is 0 Å². The van der Waals surface area contributed by atoms with Gasteiger partial charge in [-0.2, -0.15) is 4.37 Å². The average Bonchev–Trinajstić information content (AvgIpc) is 2.71. The SMILES string of the molecule is O=C(O)c1ccc(Sc2ncns2)nc1. The van der Waals surface area contributed by atoms with Gasteiger partial charge in [-0.05, 0) is 35.4 Å². The van der Waals surface area contributed by atoms with E-state index in [4.69, 9.17) is 5.11 Å². The number of rotatable bonds is 3. The van der Waals surface area contributed by atoms with Crippen molar-refractivity contribution < 1.29 is 9.90 Å². The predicted molar refractivity (Wildman–Crippen MR) is 55.2 cm³/mol. The van der Waals surface area contributed by atoms with Gasteiger partial charge in [-0.3, -0.25) is 0 Å². The van der Waals surface area contributed by atoms with Crippen molar-refractivity contribution in [3.05, 3.63) is 30.2 Å². The van der Waals surface area contributed by atoms with Crippen molar-refractivity contribution in [1.82, 2.24) is 14.3 Å². The summed E-state index contributed by atoms with van der Waals surface area (Å²) < 4.78 is 4.63. The number of carbonyl (C=O) groups is 1. The van der Waals surface area contributed by atoms with E-state index in [1.54, 1.807) is 6.07 Å². The molecule has 2 heterocycles. The van der Waals surface area contributed by atoms with Crippen LogP contribution in [-0.2, 0) is 0 Å². The number of hydrogen-bond acceptors (Lipinski definition) is 6. The first kappa shape index (κ1) is 10.1. The van der Waals surface area contributed by atoms with Gasteiger partial charge in [-0.15, -0.1) is 0 Å². The van der Waals surface area contributed by atoms with Crippen molar-refractivity contribution in [3.8, 4) is 0 Å². The van der Waals surface area contributed by atoms with Crippen LogP contribution in [0, 0.1) is 0 Å². The summed E-state index contributed by atoms with van der Waals surface area (Å²) in [6.45, 7) is 0. The van der Waals surface area contributed by atoms with Crippen LogP contribution in [0.15, 0.2) is 34.0 Å². The molecular formula is C8H5N3O2S2. The first-order valence-corrected chi connectivity index (χ1v) is 5.48. The molecule has 0 bridgehead atoms. The molecule has 0 fully saturated rings. The number of hydrogen-bond donors (Lipinski definition) is 1. The summed E-state index contributed by atoms with van der Waals surface area (Å²) in [5, 5.41) is 9.37. The minimum Gasteiger partial charge on any atom is -0.478 e. The molecule has 0 saturated heterocycles. The van der Waals surface area contributed by atoms with Crippen LogP contribution in [0.1, 0.15) is 10.4 Å². The number of pyridine rings is 1. The Labute approximate surface area is 93.4 Å². The zero-order valence-electron chi connectivity index (χ0n) is 7.32. The van der Waals surface area contributed by atoms with Crippen LogP contribution in [0.4, 0.5) is 0 Å². The highest BCUT2D eigenvalue weighted by atomic mass is 32.2. The first-order chi connectivity index (χ1) is 7.25. The molecule has 5 nitrogen and oxygen atoms in total. The zero-order valence-corrected chi connectivity index (χ0v) is 8.96. The molecule has 2 aromatic rings. The van der Waals surface area contributed by atoms with Gasteiger partial charge in [0.1, 0.15) is 11.4 Å². The molecule has 0 aromatic carbocycles. The molecule has 76 valence electrons. The van der Waals surface area contributed by atoms with E-state index in [0.717, 1.165) is 4.34 Å². The number of carboxylic acids is 1. The number of nitrogens with zero attached hydrogens (tertiary/aromatic N) is 3. The molecule has 0 aliphatic carbocycles. The Kier molecular flexibility index (Phi) is 2.93. The van der Waals surface area contributed by atoms with Gasteiger partial charge in [0.15, 0.2) is 4.34 Å². The number of carboxylic acid groups (broad SMARTS) is 1. The minimum atomic E-state index is -0.977. The largest absolute Gasteiger partial charge is 0.478 e. The van der Waals surface area contributed by atoms with Gasteiger partial charge in [0.25, 0.3) is 0 Å². The van der Waals surface area contributed by atoms with E-state index in [2.05, 4.69) is 14.3 Å². The molecule has 0 amide bonds. The highest BCUT2D eigenvalue weighted by molar-refractivity contribution is 8.00. The van der Waals surface area contributed by atoms with Crippen LogP contribution in [0.25, 0.3) is 0 Å². The summed E-state index contributed by atoms with van der Waals surface area (Å²) in [5.41, 5.74) is 0.177. The second-order valence-corrected chi connectivity index (χ2v) is 4.55. The van der Waals surface area contributed by atoms with E-state index in [9.17, 15) is 4.79 Å². The smallest absolute Gasteiger partial charge is 0.337 e. The lowest BCUT2D eigenvalue weighted by Gasteiger charge is -1.96. The Hall–Kier alpha value is -1.47. The van der Waals surface area contributed by atoms with Gasteiger partial charge in [-0.1, -0.05) is 0 Å². The summed E-state index contributed by atoms with van der Waals surface area (Å²) in [6, 6.07) is 3.16. The molecule has 0 radical (unpaired) electrons. The number of aromatic nitrogens is 3. The van der Waals surface area contributed by atoms with E-state index in [-0.39, 0.29) is 5.56 Å². The lowest BCUT2D eigenvalue weighted by atomic mass is 10.3. The van der Waals surface area contributed by atoms with Crippen molar-refractivity contribution in [3.63, 3.8) is 0 Å². The molecule has 2 rings (SSSR count). The Balaban J connectivity index is 2.14.